The lowest BCUT2D eigenvalue weighted by molar-refractivity contribution is -0.116. The Hall–Kier alpha value is -3.31. The summed E-state index contributed by atoms with van der Waals surface area (Å²) in [6, 6.07) is 7.89. The van der Waals surface area contributed by atoms with Crippen LogP contribution in [0.25, 0.3) is 11.4 Å². The van der Waals surface area contributed by atoms with Crippen LogP contribution in [-0.4, -0.2) is 42.6 Å². The molecule has 1 aliphatic carbocycles. The summed E-state index contributed by atoms with van der Waals surface area (Å²) < 4.78 is 38.0. The summed E-state index contributed by atoms with van der Waals surface area (Å²) in [7, 11) is -2.21. The van der Waals surface area contributed by atoms with Crippen molar-refractivity contribution >= 4 is 21.6 Å². The van der Waals surface area contributed by atoms with E-state index >= 15 is 0 Å². The van der Waals surface area contributed by atoms with E-state index in [0.717, 1.165) is 12.8 Å². The minimum absolute atomic E-state index is 0.0175. The van der Waals surface area contributed by atoms with Crippen molar-refractivity contribution in [2.24, 2.45) is 0 Å². The number of ether oxygens (including phenoxy) is 1. The third-order valence-electron chi connectivity index (χ3n) is 4.61. The summed E-state index contributed by atoms with van der Waals surface area (Å²) in [6.45, 7) is 0. The third kappa shape index (κ3) is 5.25. The Bertz CT molecular complexity index is 1180. The molecule has 3 aromatic rings. The molecule has 4 rings (SSSR count). The van der Waals surface area contributed by atoms with Gasteiger partial charge in [-0.1, -0.05) is 5.16 Å². The molecule has 0 spiro atoms. The molecular weight excluding hydrogens is 422 g/mol. The highest BCUT2D eigenvalue weighted by Gasteiger charge is 2.28. The van der Waals surface area contributed by atoms with E-state index in [2.05, 4.69) is 25.2 Å². The van der Waals surface area contributed by atoms with Crippen LogP contribution in [0.4, 0.5) is 5.69 Å². The lowest BCUT2D eigenvalue weighted by atomic mass is 10.2. The van der Waals surface area contributed by atoms with Crippen LogP contribution in [0, 0.1) is 0 Å². The van der Waals surface area contributed by atoms with E-state index in [4.69, 9.17) is 9.26 Å². The van der Waals surface area contributed by atoms with E-state index in [0.29, 0.717) is 23.0 Å². The number of hydrogen-bond acceptors (Lipinski definition) is 8. The fraction of sp³-hybridized carbons (Fsp3) is 0.300. The molecule has 1 amide bonds. The van der Waals surface area contributed by atoms with Crippen molar-refractivity contribution in [3.63, 3.8) is 0 Å². The zero-order valence-corrected chi connectivity index (χ0v) is 17.6. The lowest BCUT2D eigenvalue weighted by Gasteiger charge is -2.12. The number of carbonyl (C=O) groups is 1. The molecule has 0 atom stereocenters. The minimum Gasteiger partial charge on any atom is -0.495 e. The Kier molecular flexibility index (Phi) is 5.96. The molecule has 0 unspecified atom stereocenters. The van der Waals surface area contributed by atoms with Gasteiger partial charge in [0.25, 0.3) is 0 Å². The van der Waals surface area contributed by atoms with E-state index < -0.39 is 10.0 Å². The summed E-state index contributed by atoms with van der Waals surface area (Å²) >= 11 is 0. The quantitative estimate of drug-likeness (QED) is 0.513. The van der Waals surface area contributed by atoms with Gasteiger partial charge in [-0.15, -0.1) is 0 Å². The molecule has 1 fully saturated rings. The Balaban J connectivity index is 1.41. The van der Waals surface area contributed by atoms with Crippen molar-refractivity contribution < 1.29 is 22.5 Å². The first-order valence-electron chi connectivity index (χ1n) is 9.68. The summed E-state index contributed by atoms with van der Waals surface area (Å²) in [4.78, 5) is 20.8. The molecule has 2 N–H and O–H groups in total. The Morgan fingerprint density at radius 1 is 1.29 bits per heavy atom. The third-order valence-corrected chi connectivity index (χ3v) is 6.13. The van der Waals surface area contributed by atoms with Crippen LogP contribution in [0.3, 0.4) is 0 Å². The number of hydrogen-bond donors (Lipinski definition) is 2. The van der Waals surface area contributed by atoms with Crippen LogP contribution < -0.4 is 14.8 Å². The number of carbonyl (C=O) groups excluding carboxylic acids is 1. The number of methoxy groups -OCH3 is 1. The highest BCUT2D eigenvalue weighted by molar-refractivity contribution is 7.89. The maximum atomic E-state index is 12.5. The second-order valence-corrected chi connectivity index (χ2v) is 8.77. The molecule has 1 aliphatic rings. The van der Waals surface area contributed by atoms with Crippen LogP contribution in [0.1, 0.15) is 25.2 Å². The first-order chi connectivity index (χ1) is 14.9. The van der Waals surface area contributed by atoms with Crippen LogP contribution in [0.5, 0.6) is 5.75 Å². The lowest BCUT2D eigenvalue weighted by Crippen LogP contribution is -2.26. The van der Waals surface area contributed by atoms with Crippen molar-refractivity contribution in [2.45, 2.75) is 36.6 Å². The van der Waals surface area contributed by atoms with Crippen molar-refractivity contribution in [2.75, 3.05) is 12.4 Å². The van der Waals surface area contributed by atoms with Gasteiger partial charge >= 0.3 is 0 Å². The van der Waals surface area contributed by atoms with Gasteiger partial charge in [0.05, 0.1) is 17.7 Å². The summed E-state index contributed by atoms with van der Waals surface area (Å²) in [5.41, 5.74) is 0.984. The highest BCUT2D eigenvalue weighted by atomic mass is 32.2. The van der Waals surface area contributed by atoms with Gasteiger partial charge in [0.1, 0.15) is 5.75 Å². The fourth-order valence-corrected chi connectivity index (χ4v) is 4.17. The van der Waals surface area contributed by atoms with E-state index in [-0.39, 0.29) is 35.4 Å². The summed E-state index contributed by atoms with van der Waals surface area (Å²) in [6.07, 6.45) is 5.21. The van der Waals surface area contributed by atoms with E-state index in [1.165, 1.54) is 25.3 Å². The molecule has 0 aliphatic heterocycles. The number of pyridine rings is 1. The molecule has 0 radical (unpaired) electrons. The Morgan fingerprint density at radius 3 is 2.84 bits per heavy atom. The second kappa shape index (κ2) is 8.82. The van der Waals surface area contributed by atoms with Gasteiger partial charge in [0, 0.05) is 36.8 Å². The van der Waals surface area contributed by atoms with E-state index in [1.807, 2.05) is 0 Å². The second-order valence-electron chi connectivity index (χ2n) is 7.06. The van der Waals surface area contributed by atoms with Gasteiger partial charge in [0.2, 0.25) is 27.6 Å². The zero-order valence-electron chi connectivity index (χ0n) is 16.7. The number of aromatic nitrogens is 3. The molecule has 0 saturated heterocycles. The number of rotatable bonds is 9. The summed E-state index contributed by atoms with van der Waals surface area (Å²) in [5.74, 6) is 0.719. The predicted molar refractivity (Wildman–Crippen MR) is 111 cm³/mol. The molecule has 10 nitrogen and oxygen atoms in total. The SMILES string of the molecule is COc1ccc(S(=O)(=O)NC2CC2)cc1NC(=O)CCc1nc(-c2cccnc2)no1. The van der Waals surface area contributed by atoms with Crippen LogP contribution in [-0.2, 0) is 21.2 Å². The monoisotopic (exact) mass is 443 g/mol. The largest absolute Gasteiger partial charge is 0.495 e. The molecule has 2 aromatic heterocycles. The Labute approximate surface area is 179 Å². The Morgan fingerprint density at radius 2 is 2.13 bits per heavy atom. The van der Waals surface area contributed by atoms with Gasteiger partial charge < -0.3 is 14.6 Å². The number of anilines is 1. The fourth-order valence-electron chi connectivity index (χ4n) is 2.84. The van der Waals surface area contributed by atoms with Gasteiger partial charge in [-0.05, 0) is 43.2 Å². The summed E-state index contributed by atoms with van der Waals surface area (Å²) in [5, 5.41) is 6.59. The number of aryl methyl sites for hydroxylation is 1. The van der Waals surface area contributed by atoms with Crippen LogP contribution in [0.2, 0.25) is 0 Å². The first-order valence-corrected chi connectivity index (χ1v) is 11.2. The number of amides is 1. The predicted octanol–water partition coefficient (Wildman–Crippen LogP) is 2.15. The molecule has 31 heavy (non-hydrogen) atoms. The van der Waals surface area contributed by atoms with Crippen LogP contribution >= 0.6 is 0 Å². The minimum atomic E-state index is -3.65. The maximum absolute atomic E-state index is 12.5. The molecule has 2 heterocycles. The van der Waals surface area contributed by atoms with Gasteiger partial charge in [0.15, 0.2) is 0 Å². The molecule has 162 valence electrons. The first kappa shape index (κ1) is 20.9. The molecular formula is C20H21N5O5S. The average molecular weight is 443 g/mol. The highest BCUT2D eigenvalue weighted by Crippen LogP contribution is 2.29. The van der Waals surface area contributed by atoms with Crippen LogP contribution in [0.15, 0.2) is 52.1 Å². The van der Waals surface area contributed by atoms with Gasteiger partial charge in [-0.25, -0.2) is 13.1 Å². The zero-order chi connectivity index (χ0) is 21.8. The maximum Gasteiger partial charge on any atom is 0.240 e. The van der Waals surface area contributed by atoms with E-state index in [9.17, 15) is 13.2 Å². The molecule has 0 bridgehead atoms. The van der Waals surface area contributed by atoms with Crippen molar-refractivity contribution in [3.8, 4) is 17.1 Å². The molecule has 1 saturated carbocycles. The van der Waals surface area contributed by atoms with E-state index in [1.54, 1.807) is 24.5 Å². The number of nitrogens with zero attached hydrogens (tertiary/aromatic N) is 3. The number of sulfonamides is 1. The van der Waals surface area contributed by atoms with Crippen molar-refractivity contribution in [1.29, 1.82) is 0 Å². The molecule has 1 aromatic carbocycles. The topological polar surface area (TPSA) is 136 Å². The standard InChI is InChI=1S/C20H21N5O5S/c1-29-17-7-6-15(31(27,28)25-14-4-5-14)11-16(17)22-18(26)8-9-19-23-20(24-30-19)13-3-2-10-21-12-13/h2-3,6-7,10-12,14,25H,4-5,8-9H2,1H3,(H,22,26). The van der Waals surface area contributed by atoms with Gasteiger partial charge in [-0.2, -0.15) is 4.98 Å². The molecule has 11 heteroatoms. The van der Waals surface area contributed by atoms with Gasteiger partial charge in [-0.3, -0.25) is 9.78 Å². The average Bonchev–Trinajstić information content (AvgIpc) is 3.44. The smallest absolute Gasteiger partial charge is 0.240 e. The number of nitrogens with one attached hydrogen (secondary N) is 2. The van der Waals surface area contributed by atoms with Crippen molar-refractivity contribution in [3.05, 3.63) is 48.6 Å². The normalized spacial score (nSPS) is 13.7. The van der Waals surface area contributed by atoms with Crippen molar-refractivity contribution in [1.82, 2.24) is 19.8 Å². The number of benzene rings is 1.